The molecule has 2 heterocycles. The van der Waals surface area contributed by atoms with Crippen molar-refractivity contribution in [1.29, 1.82) is 0 Å². The summed E-state index contributed by atoms with van der Waals surface area (Å²) in [6.07, 6.45) is 3.53. The van der Waals surface area contributed by atoms with E-state index >= 15 is 0 Å². The second-order valence-electron chi connectivity index (χ2n) is 6.08. The molecule has 0 aromatic rings. The van der Waals surface area contributed by atoms with Crippen molar-refractivity contribution in [3.05, 3.63) is 0 Å². The molecule has 4 unspecified atom stereocenters. The van der Waals surface area contributed by atoms with E-state index < -0.39 is 17.7 Å². The number of carbonyl (C=O) groups excluding carboxylic acids is 2. The summed E-state index contributed by atoms with van der Waals surface area (Å²) in [6, 6.07) is -0.504. The minimum atomic E-state index is -0.553. The first-order chi connectivity index (χ1) is 8.39. The van der Waals surface area contributed by atoms with Crippen molar-refractivity contribution < 1.29 is 19.1 Å². The van der Waals surface area contributed by atoms with Crippen LogP contribution < -0.4 is 5.32 Å². The first-order valence-electron chi connectivity index (χ1n) is 6.49. The molecule has 2 fully saturated rings. The highest BCUT2D eigenvalue weighted by Gasteiger charge is 2.45. The fourth-order valence-corrected chi connectivity index (χ4v) is 2.74. The average molecular weight is 255 g/mol. The Balaban J connectivity index is 1.90. The largest absolute Gasteiger partial charge is 0.444 e. The lowest BCUT2D eigenvalue weighted by Gasteiger charge is -2.27. The average Bonchev–Trinajstić information content (AvgIpc) is 2.84. The predicted octanol–water partition coefficient (Wildman–Crippen LogP) is 1.65. The molecular weight excluding hydrogens is 234 g/mol. The second kappa shape index (κ2) is 4.88. The molecule has 102 valence electrons. The van der Waals surface area contributed by atoms with Crippen molar-refractivity contribution in [3.63, 3.8) is 0 Å². The molecule has 0 spiro atoms. The number of hydrogen-bond acceptors (Lipinski definition) is 4. The van der Waals surface area contributed by atoms with Crippen LogP contribution in [0.3, 0.4) is 0 Å². The van der Waals surface area contributed by atoms with E-state index in [1.807, 2.05) is 0 Å². The molecule has 18 heavy (non-hydrogen) atoms. The van der Waals surface area contributed by atoms with E-state index in [0.717, 1.165) is 25.5 Å². The summed E-state index contributed by atoms with van der Waals surface area (Å²) in [4.78, 5) is 22.8. The third-order valence-electron chi connectivity index (χ3n) is 3.44. The summed E-state index contributed by atoms with van der Waals surface area (Å²) in [6.45, 7) is 5.38. The van der Waals surface area contributed by atoms with Gasteiger partial charge >= 0.3 is 6.09 Å². The number of amides is 1. The van der Waals surface area contributed by atoms with Gasteiger partial charge < -0.3 is 19.6 Å². The standard InChI is InChI=1S/C13H21NO4/c1-13(2,3)18-12(16)14-10(7-15)9-6-8-4-5-11(9)17-8/h7-11H,4-6H2,1-3H3,(H,14,16). The Bertz CT molecular complexity index is 336. The third-order valence-corrected chi connectivity index (χ3v) is 3.44. The molecule has 2 bridgehead atoms. The summed E-state index contributed by atoms with van der Waals surface area (Å²) in [7, 11) is 0. The van der Waals surface area contributed by atoms with Crippen LogP contribution in [0.5, 0.6) is 0 Å². The van der Waals surface area contributed by atoms with E-state index in [1.54, 1.807) is 20.8 Å². The van der Waals surface area contributed by atoms with Crippen LogP contribution in [0, 0.1) is 5.92 Å². The van der Waals surface area contributed by atoms with Crippen LogP contribution in [0.4, 0.5) is 4.79 Å². The van der Waals surface area contributed by atoms with Crippen LogP contribution in [0.25, 0.3) is 0 Å². The van der Waals surface area contributed by atoms with Gasteiger partial charge in [-0.1, -0.05) is 0 Å². The lowest BCUT2D eigenvalue weighted by molar-refractivity contribution is -0.111. The van der Waals surface area contributed by atoms with Gasteiger partial charge in [0.2, 0.25) is 0 Å². The Labute approximate surface area is 107 Å². The molecule has 0 aliphatic carbocycles. The van der Waals surface area contributed by atoms with Gasteiger partial charge in [0.05, 0.1) is 18.2 Å². The highest BCUT2D eigenvalue weighted by atomic mass is 16.6. The Morgan fingerprint density at radius 1 is 1.44 bits per heavy atom. The maximum atomic E-state index is 11.7. The highest BCUT2D eigenvalue weighted by molar-refractivity contribution is 5.73. The number of fused-ring (bicyclic) bond motifs is 2. The van der Waals surface area contributed by atoms with Crippen LogP contribution >= 0.6 is 0 Å². The van der Waals surface area contributed by atoms with Crippen LogP contribution in [0.2, 0.25) is 0 Å². The zero-order valence-corrected chi connectivity index (χ0v) is 11.1. The van der Waals surface area contributed by atoms with Crippen molar-refractivity contribution in [3.8, 4) is 0 Å². The fraction of sp³-hybridized carbons (Fsp3) is 0.846. The van der Waals surface area contributed by atoms with Crippen molar-refractivity contribution >= 4 is 12.4 Å². The molecule has 2 saturated heterocycles. The summed E-state index contributed by atoms with van der Waals surface area (Å²) >= 11 is 0. The summed E-state index contributed by atoms with van der Waals surface area (Å²) in [5.74, 6) is 0.0915. The molecule has 0 aromatic carbocycles. The maximum absolute atomic E-state index is 11.7. The fourth-order valence-electron chi connectivity index (χ4n) is 2.74. The Kier molecular flexibility index (Phi) is 3.61. The zero-order chi connectivity index (χ0) is 13.3. The molecule has 5 nitrogen and oxygen atoms in total. The van der Waals surface area contributed by atoms with E-state index in [2.05, 4.69) is 5.32 Å². The highest BCUT2D eigenvalue weighted by Crippen LogP contribution is 2.40. The molecule has 5 heteroatoms. The quantitative estimate of drug-likeness (QED) is 0.779. The van der Waals surface area contributed by atoms with Crippen LogP contribution in [-0.2, 0) is 14.3 Å². The lowest BCUT2D eigenvalue weighted by Crippen LogP contribution is -2.46. The number of hydrogen-bond donors (Lipinski definition) is 1. The summed E-state index contributed by atoms with van der Waals surface area (Å²) in [5, 5.41) is 2.64. The monoisotopic (exact) mass is 255 g/mol. The number of alkyl carbamates (subject to hydrolysis) is 1. The summed E-state index contributed by atoms with van der Waals surface area (Å²) in [5.41, 5.74) is -0.553. The van der Waals surface area contributed by atoms with Gasteiger partial charge in [0.1, 0.15) is 11.9 Å². The summed E-state index contributed by atoms with van der Waals surface area (Å²) < 4.78 is 10.9. The molecule has 0 radical (unpaired) electrons. The van der Waals surface area contributed by atoms with E-state index in [0.29, 0.717) is 0 Å². The number of nitrogens with one attached hydrogen (secondary N) is 1. The molecule has 1 amide bonds. The smallest absolute Gasteiger partial charge is 0.408 e. The Morgan fingerprint density at radius 2 is 2.17 bits per heavy atom. The van der Waals surface area contributed by atoms with Crippen molar-refractivity contribution in [1.82, 2.24) is 5.32 Å². The van der Waals surface area contributed by atoms with Crippen LogP contribution in [0.1, 0.15) is 40.0 Å². The number of rotatable bonds is 3. The first-order valence-corrected chi connectivity index (χ1v) is 6.49. The first kappa shape index (κ1) is 13.3. The van der Waals surface area contributed by atoms with E-state index in [1.165, 1.54) is 0 Å². The SMILES string of the molecule is CC(C)(C)OC(=O)NC(C=O)C1CC2CCC1O2. The minimum absolute atomic E-state index is 0.0915. The van der Waals surface area contributed by atoms with Gasteiger partial charge in [-0.3, -0.25) is 0 Å². The zero-order valence-electron chi connectivity index (χ0n) is 11.1. The van der Waals surface area contributed by atoms with Gasteiger partial charge in [-0.2, -0.15) is 0 Å². The molecule has 0 aromatic heterocycles. The second-order valence-corrected chi connectivity index (χ2v) is 6.08. The molecule has 2 aliphatic heterocycles. The number of carbonyl (C=O) groups is 2. The molecular formula is C13H21NO4. The van der Waals surface area contributed by atoms with E-state index in [9.17, 15) is 9.59 Å². The van der Waals surface area contributed by atoms with Gasteiger partial charge in [-0.15, -0.1) is 0 Å². The topological polar surface area (TPSA) is 64.6 Å². The molecule has 1 N–H and O–H groups in total. The van der Waals surface area contributed by atoms with Gasteiger partial charge in [0, 0.05) is 5.92 Å². The van der Waals surface area contributed by atoms with Crippen LogP contribution in [-0.4, -0.2) is 36.2 Å². The van der Waals surface area contributed by atoms with Crippen molar-refractivity contribution in [2.75, 3.05) is 0 Å². The van der Waals surface area contributed by atoms with Crippen molar-refractivity contribution in [2.24, 2.45) is 5.92 Å². The van der Waals surface area contributed by atoms with Crippen LogP contribution in [0.15, 0.2) is 0 Å². The minimum Gasteiger partial charge on any atom is -0.444 e. The lowest BCUT2D eigenvalue weighted by atomic mass is 9.84. The molecule has 4 atom stereocenters. The molecule has 2 rings (SSSR count). The van der Waals surface area contributed by atoms with Gasteiger partial charge in [0.25, 0.3) is 0 Å². The Hall–Kier alpha value is -1.10. The van der Waals surface area contributed by atoms with E-state index in [4.69, 9.17) is 9.47 Å². The Morgan fingerprint density at radius 3 is 2.61 bits per heavy atom. The molecule has 0 saturated carbocycles. The van der Waals surface area contributed by atoms with Gasteiger partial charge in [0.15, 0.2) is 0 Å². The number of aldehydes is 1. The van der Waals surface area contributed by atoms with Gasteiger partial charge in [-0.25, -0.2) is 4.79 Å². The maximum Gasteiger partial charge on any atom is 0.408 e. The normalized spacial score (nSPS) is 32.1. The number of ether oxygens (including phenoxy) is 2. The van der Waals surface area contributed by atoms with Crippen molar-refractivity contribution in [2.45, 2.75) is 63.9 Å². The van der Waals surface area contributed by atoms with E-state index in [-0.39, 0.29) is 18.1 Å². The predicted molar refractivity (Wildman–Crippen MR) is 65.2 cm³/mol. The third kappa shape index (κ3) is 3.02. The van der Waals surface area contributed by atoms with Gasteiger partial charge in [-0.05, 0) is 40.0 Å². The molecule has 2 aliphatic rings.